The number of fused-ring (bicyclic) bond motifs is 7. The molecule has 0 amide bonds. The summed E-state index contributed by atoms with van der Waals surface area (Å²) in [7, 11) is 0. The molecule has 0 spiro atoms. The Kier molecular flexibility index (Phi) is 2.94. The summed E-state index contributed by atoms with van der Waals surface area (Å²) in [6.07, 6.45) is 4.13. The number of aromatic amines is 1. The highest BCUT2D eigenvalue weighted by molar-refractivity contribution is 5.88. The molecule has 4 unspecified atom stereocenters. The molecule has 3 aliphatic carbocycles. The van der Waals surface area contributed by atoms with Gasteiger partial charge in [-0.2, -0.15) is 0 Å². The molecule has 0 bridgehead atoms. The smallest absolute Gasteiger partial charge is 0.141 e. The Morgan fingerprint density at radius 3 is 2.62 bits per heavy atom. The van der Waals surface area contributed by atoms with E-state index >= 15 is 0 Å². The number of hydrogen-bond acceptors (Lipinski definition) is 2. The van der Waals surface area contributed by atoms with E-state index in [1.165, 1.54) is 22.2 Å². The van der Waals surface area contributed by atoms with Crippen LogP contribution in [-0.4, -0.2) is 21.5 Å². The summed E-state index contributed by atoms with van der Waals surface area (Å²) in [5.74, 6) is 0.747. The predicted molar refractivity (Wildman–Crippen MR) is 103 cm³/mol. The van der Waals surface area contributed by atoms with E-state index in [9.17, 15) is 9.90 Å². The van der Waals surface area contributed by atoms with Gasteiger partial charge in [-0.1, -0.05) is 45.9 Å². The molecular formula is C23H29NO2. The summed E-state index contributed by atoms with van der Waals surface area (Å²) in [6.45, 7) is 8.55. The van der Waals surface area contributed by atoms with Gasteiger partial charge in [0.15, 0.2) is 0 Å². The zero-order chi connectivity index (χ0) is 18.5. The highest BCUT2D eigenvalue weighted by atomic mass is 16.3. The Labute approximate surface area is 155 Å². The van der Waals surface area contributed by atoms with Crippen molar-refractivity contribution in [2.45, 2.75) is 70.8 Å². The lowest BCUT2D eigenvalue weighted by Gasteiger charge is -2.66. The summed E-state index contributed by atoms with van der Waals surface area (Å²) in [5, 5.41) is 13.4. The van der Waals surface area contributed by atoms with Crippen molar-refractivity contribution >= 4 is 16.7 Å². The van der Waals surface area contributed by atoms with E-state index in [1.807, 2.05) is 13.8 Å². The van der Waals surface area contributed by atoms with Crippen molar-refractivity contribution in [3.05, 3.63) is 35.5 Å². The third kappa shape index (κ3) is 1.51. The van der Waals surface area contributed by atoms with Crippen LogP contribution in [0.2, 0.25) is 0 Å². The minimum Gasteiger partial charge on any atom is -0.388 e. The number of carbonyl (C=O) groups is 1. The SMILES string of the molecule is CC1(C)C(=O)CCC2(C)C3(C)c4[nH]c5ccccc5c4CC3CCC12O. The van der Waals surface area contributed by atoms with E-state index in [0.29, 0.717) is 12.3 Å². The second-order valence-corrected chi connectivity index (χ2v) is 9.91. The highest BCUT2D eigenvalue weighted by Gasteiger charge is 2.72. The number of H-pyrrole nitrogens is 1. The van der Waals surface area contributed by atoms with Crippen molar-refractivity contribution in [1.29, 1.82) is 0 Å². The monoisotopic (exact) mass is 351 g/mol. The van der Waals surface area contributed by atoms with Gasteiger partial charge in [-0.3, -0.25) is 4.79 Å². The van der Waals surface area contributed by atoms with Gasteiger partial charge in [0.1, 0.15) is 5.78 Å². The van der Waals surface area contributed by atoms with Crippen LogP contribution < -0.4 is 0 Å². The van der Waals surface area contributed by atoms with Crippen LogP contribution >= 0.6 is 0 Å². The molecule has 0 saturated heterocycles. The topological polar surface area (TPSA) is 53.1 Å². The molecule has 2 fully saturated rings. The van der Waals surface area contributed by atoms with Gasteiger partial charge in [0, 0.05) is 33.8 Å². The van der Waals surface area contributed by atoms with Crippen LogP contribution in [-0.2, 0) is 16.6 Å². The third-order valence-electron chi connectivity index (χ3n) is 9.10. The van der Waals surface area contributed by atoms with E-state index in [4.69, 9.17) is 0 Å². The lowest BCUT2D eigenvalue weighted by molar-refractivity contribution is -0.233. The average Bonchev–Trinajstić information content (AvgIpc) is 3.11. The first-order chi connectivity index (χ1) is 12.2. The predicted octanol–water partition coefficient (Wildman–Crippen LogP) is 4.52. The van der Waals surface area contributed by atoms with Gasteiger partial charge in [-0.25, -0.2) is 0 Å². The Balaban J connectivity index is 1.77. The minimum atomic E-state index is -0.959. The lowest BCUT2D eigenvalue weighted by atomic mass is 9.39. The Morgan fingerprint density at radius 2 is 1.85 bits per heavy atom. The first-order valence-electron chi connectivity index (χ1n) is 10.0. The molecule has 3 nitrogen and oxygen atoms in total. The number of ketones is 1. The lowest BCUT2D eigenvalue weighted by Crippen LogP contribution is -2.71. The summed E-state index contributed by atoms with van der Waals surface area (Å²) in [5.41, 5.74) is 1.85. The molecular weight excluding hydrogens is 322 g/mol. The Hall–Kier alpha value is -1.61. The van der Waals surface area contributed by atoms with Crippen LogP contribution in [0.15, 0.2) is 24.3 Å². The number of benzene rings is 1. The molecule has 0 aliphatic heterocycles. The van der Waals surface area contributed by atoms with Crippen LogP contribution in [0.5, 0.6) is 0 Å². The van der Waals surface area contributed by atoms with Crippen LogP contribution in [0.3, 0.4) is 0 Å². The second kappa shape index (κ2) is 4.62. The number of aliphatic hydroxyl groups is 1. The van der Waals surface area contributed by atoms with Crippen molar-refractivity contribution in [3.63, 3.8) is 0 Å². The number of hydrogen-bond donors (Lipinski definition) is 2. The number of rotatable bonds is 0. The van der Waals surface area contributed by atoms with Crippen molar-refractivity contribution in [3.8, 4) is 0 Å². The minimum absolute atomic E-state index is 0.133. The van der Waals surface area contributed by atoms with Gasteiger partial charge < -0.3 is 10.1 Å². The molecule has 1 aromatic heterocycles. The number of Topliss-reactive ketones (excluding diaryl/α,β-unsaturated/α-hetero) is 1. The molecule has 2 aromatic rings. The normalized spacial score (nSPS) is 41.0. The largest absolute Gasteiger partial charge is 0.388 e. The number of nitrogens with one attached hydrogen (secondary N) is 1. The summed E-state index contributed by atoms with van der Waals surface area (Å²) >= 11 is 0. The molecule has 138 valence electrons. The van der Waals surface area contributed by atoms with E-state index < -0.39 is 11.0 Å². The van der Waals surface area contributed by atoms with Crippen molar-refractivity contribution < 1.29 is 9.90 Å². The summed E-state index contributed by atoms with van der Waals surface area (Å²) < 4.78 is 0. The molecule has 3 aliphatic rings. The summed E-state index contributed by atoms with van der Waals surface area (Å²) in [4.78, 5) is 16.5. The maximum atomic E-state index is 12.7. The van der Waals surface area contributed by atoms with E-state index in [-0.39, 0.29) is 16.6 Å². The fraction of sp³-hybridized carbons (Fsp3) is 0.609. The molecule has 2 saturated carbocycles. The van der Waals surface area contributed by atoms with Gasteiger partial charge in [0.05, 0.1) is 11.0 Å². The average molecular weight is 351 g/mol. The van der Waals surface area contributed by atoms with Gasteiger partial charge in [-0.15, -0.1) is 0 Å². The first kappa shape index (κ1) is 16.6. The van der Waals surface area contributed by atoms with Gasteiger partial charge in [-0.05, 0) is 43.2 Å². The number of aromatic nitrogens is 1. The molecule has 5 rings (SSSR count). The quantitative estimate of drug-likeness (QED) is 0.733. The number of para-hydroxylation sites is 1. The molecule has 2 N–H and O–H groups in total. The molecule has 1 heterocycles. The fourth-order valence-electron chi connectivity index (χ4n) is 7.09. The summed E-state index contributed by atoms with van der Waals surface area (Å²) in [6, 6.07) is 8.56. The number of carbonyl (C=O) groups excluding carboxylic acids is 1. The van der Waals surface area contributed by atoms with Gasteiger partial charge >= 0.3 is 0 Å². The standard InChI is InChI=1S/C23H29NO2/c1-20(2)18(25)10-11-21(3)22(4)14(9-12-23(20,21)26)13-16-15-7-5-6-8-17(15)24-19(16)22/h5-8,14,24,26H,9-13H2,1-4H3. The van der Waals surface area contributed by atoms with Crippen LogP contribution in [0.4, 0.5) is 0 Å². The van der Waals surface area contributed by atoms with E-state index in [1.54, 1.807) is 0 Å². The highest BCUT2D eigenvalue weighted by Crippen LogP contribution is 2.70. The fourth-order valence-corrected chi connectivity index (χ4v) is 7.09. The molecule has 0 radical (unpaired) electrons. The zero-order valence-electron chi connectivity index (χ0n) is 16.3. The Bertz CT molecular complexity index is 941. The van der Waals surface area contributed by atoms with Crippen molar-refractivity contribution in [2.75, 3.05) is 0 Å². The zero-order valence-corrected chi connectivity index (χ0v) is 16.3. The second-order valence-electron chi connectivity index (χ2n) is 9.91. The van der Waals surface area contributed by atoms with Crippen molar-refractivity contribution in [2.24, 2.45) is 16.7 Å². The third-order valence-corrected chi connectivity index (χ3v) is 9.10. The maximum Gasteiger partial charge on any atom is 0.141 e. The van der Waals surface area contributed by atoms with E-state index in [2.05, 4.69) is 43.1 Å². The molecule has 1 aromatic carbocycles. The molecule has 4 atom stereocenters. The molecule has 26 heavy (non-hydrogen) atoms. The van der Waals surface area contributed by atoms with Crippen LogP contribution in [0, 0.1) is 16.7 Å². The maximum absolute atomic E-state index is 12.7. The first-order valence-corrected chi connectivity index (χ1v) is 10.0. The van der Waals surface area contributed by atoms with Crippen LogP contribution in [0.1, 0.15) is 64.6 Å². The Morgan fingerprint density at radius 1 is 1.12 bits per heavy atom. The van der Waals surface area contributed by atoms with E-state index in [0.717, 1.165) is 25.7 Å². The van der Waals surface area contributed by atoms with Gasteiger partial charge in [0.25, 0.3) is 0 Å². The molecule has 3 heteroatoms. The van der Waals surface area contributed by atoms with Gasteiger partial charge in [0.2, 0.25) is 0 Å². The van der Waals surface area contributed by atoms with Crippen molar-refractivity contribution in [1.82, 2.24) is 4.98 Å². The van der Waals surface area contributed by atoms with Crippen LogP contribution in [0.25, 0.3) is 10.9 Å².